The summed E-state index contributed by atoms with van der Waals surface area (Å²) in [6.07, 6.45) is 0.733. The second kappa shape index (κ2) is 8.80. The summed E-state index contributed by atoms with van der Waals surface area (Å²) in [7, 11) is 0. The van der Waals surface area contributed by atoms with Gasteiger partial charge in [0.2, 0.25) is 0 Å². The van der Waals surface area contributed by atoms with Gasteiger partial charge in [0, 0.05) is 27.0 Å². The Morgan fingerprint density at radius 3 is 2.56 bits per heavy atom. The van der Waals surface area contributed by atoms with Crippen molar-refractivity contribution < 1.29 is 4.79 Å². The third kappa shape index (κ3) is 5.49. The van der Waals surface area contributed by atoms with Crippen molar-refractivity contribution in [3.8, 4) is 0 Å². The molecule has 0 unspecified atom stereocenters. The number of aromatic nitrogens is 2. The standard InChI is InChI=1S/C21H18ClIN2O2/c1-14-9-17(10-16-3-2-4-18(22)11-16)21(27)25(24-14)13-20(26)12-15-5-7-19(23)8-6-15/h2-9,11H,10,12-13H2,1H3. The summed E-state index contributed by atoms with van der Waals surface area (Å²) in [5.74, 6) is -0.0508. The minimum absolute atomic E-state index is 0.0327. The van der Waals surface area contributed by atoms with Crippen LogP contribution in [0, 0.1) is 10.5 Å². The molecule has 0 radical (unpaired) electrons. The molecule has 138 valence electrons. The molecule has 0 aliphatic heterocycles. The van der Waals surface area contributed by atoms with E-state index in [0.29, 0.717) is 22.7 Å². The van der Waals surface area contributed by atoms with E-state index in [9.17, 15) is 9.59 Å². The number of nitrogens with zero attached hydrogens (tertiary/aromatic N) is 2. The van der Waals surface area contributed by atoms with Crippen molar-refractivity contribution in [2.24, 2.45) is 0 Å². The van der Waals surface area contributed by atoms with Crippen molar-refractivity contribution in [3.63, 3.8) is 0 Å². The van der Waals surface area contributed by atoms with Gasteiger partial charge in [-0.2, -0.15) is 5.10 Å². The molecule has 6 heteroatoms. The Hall–Kier alpha value is -1.99. The zero-order chi connectivity index (χ0) is 19.4. The highest BCUT2D eigenvalue weighted by Crippen LogP contribution is 2.13. The molecule has 4 nitrogen and oxygen atoms in total. The zero-order valence-corrected chi connectivity index (χ0v) is 17.7. The zero-order valence-electron chi connectivity index (χ0n) is 14.8. The molecule has 0 aliphatic rings. The Bertz CT molecular complexity index is 1030. The van der Waals surface area contributed by atoms with Crippen LogP contribution >= 0.6 is 34.2 Å². The second-order valence-corrected chi connectivity index (χ2v) is 8.10. The number of aryl methyl sites for hydroxylation is 1. The summed E-state index contributed by atoms with van der Waals surface area (Å²) in [6.45, 7) is 1.79. The number of Topliss-reactive ketones (excluding diaryl/α,β-unsaturated/α-hetero) is 1. The Morgan fingerprint density at radius 1 is 1.11 bits per heavy atom. The summed E-state index contributed by atoms with van der Waals surface area (Å²) in [4.78, 5) is 25.2. The molecule has 0 aliphatic carbocycles. The quantitative estimate of drug-likeness (QED) is 0.485. The molecule has 3 aromatic rings. The molecule has 0 N–H and O–H groups in total. The second-order valence-electron chi connectivity index (χ2n) is 6.42. The van der Waals surface area contributed by atoms with Crippen LogP contribution in [0.4, 0.5) is 0 Å². The van der Waals surface area contributed by atoms with Gasteiger partial charge in [0.05, 0.1) is 5.69 Å². The van der Waals surface area contributed by atoms with E-state index in [-0.39, 0.29) is 24.3 Å². The first-order valence-corrected chi connectivity index (χ1v) is 9.94. The maximum atomic E-state index is 12.8. The van der Waals surface area contributed by atoms with Crippen LogP contribution in [0.15, 0.2) is 59.4 Å². The molecule has 2 aromatic carbocycles. The fraction of sp³-hybridized carbons (Fsp3) is 0.190. The summed E-state index contributed by atoms with van der Waals surface area (Å²) >= 11 is 8.25. The van der Waals surface area contributed by atoms with E-state index in [4.69, 9.17) is 11.6 Å². The van der Waals surface area contributed by atoms with Crippen LogP contribution in [0.2, 0.25) is 5.02 Å². The summed E-state index contributed by atoms with van der Waals surface area (Å²) in [5, 5.41) is 4.88. The molecular formula is C21H18ClIN2O2. The average molecular weight is 493 g/mol. The molecule has 0 saturated carbocycles. The monoisotopic (exact) mass is 492 g/mol. The molecule has 1 heterocycles. The molecule has 0 bridgehead atoms. The SMILES string of the molecule is Cc1cc(Cc2cccc(Cl)c2)c(=O)n(CC(=O)Cc2ccc(I)cc2)n1. The predicted octanol–water partition coefficient (Wildman–Crippen LogP) is 4.21. The van der Waals surface area contributed by atoms with Gasteiger partial charge >= 0.3 is 0 Å². The number of ketones is 1. The first kappa shape index (κ1) is 19.8. The van der Waals surface area contributed by atoms with Crippen LogP contribution in [0.5, 0.6) is 0 Å². The molecule has 0 atom stereocenters. The first-order chi connectivity index (χ1) is 12.9. The van der Waals surface area contributed by atoms with E-state index < -0.39 is 0 Å². The lowest BCUT2D eigenvalue weighted by Gasteiger charge is -2.09. The minimum atomic E-state index is -0.239. The summed E-state index contributed by atoms with van der Waals surface area (Å²) in [5.41, 5.74) is 2.94. The molecule has 0 saturated heterocycles. The van der Waals surface area contributed by atoms with E-state index in [1.807, 2.05) is 49.4 Å². The van der Waals surface area contributed by atoms with Crippen molar-refractivity contribution in [1.82, 2.24) is 9.78 Å². The maximum absolute atomic E-state index is 12.8. The maximum Gasteiger partial charge on any atom is 0.270 e. The van der Waals surface area contributed by atoms with Crippen LogP contribution in [-0.4, -0.2) is 15.6 Å². The topological polar surface area (TPSA) is 52.0 Å². The Morgan fingerprint density at radius 2 is 1.85 bits per heavy atom. The Labute approximate surface area is 176 Å². The van der Waals surface area contributed by atoms with Crippen molar-refractivity contribution in [3.05, 3.63) is 95.9 Å². The van der Waals surface area contributed by atoms with E-state index in [1.165, 1.54) is 4.68 Å². The molecule has 1 aromatic heterocycles. The van der Waals surface area contributed by atoms with Crippen LogP contribution < -0.4 is 5.56 Å². The van der Waals surface area contributed by atoms with Crippen LogP contribution in [0.25, 0.3) is 0 Å². The molecule has 0 spiro atoms. The summed E-state index contributed by atoms with van der Waals surface area (Å²) < 4.78 is 2.38. The summed E-state index contributed by atoms with van der Waals surface area (Å²) in [6, 6.07) is 17.0. The van der Waals surface area contributed by atoms with Crippen LogP contribution in [-0.2, 0) is 24.2 Å². The lowest BCUT2D eigenvalue weighted by Crippen LogP contribution is -2.30. The van der Waals surface area contributed by atoms with Gasteiger partial charge < -0.3 is 0 Å². The van der Waals surface area contributed by atoms with E-state index >= 15 is 0 Å². The predicted molar refractivity (Wildman–Crippen MR) is 115 cm³/mol. The highest BCUT2D eigenvalue weighted by atomic mass is 127. The van der Waals surface area contributed by atoms with Crippen molar-refractivity contribution >= 4 is 40.0 Å². The van der Waals surface area contributed by atoms with Gasteiger partial charge in [-0.1, -0.05) is 35.9 Å². The Kier molecular flexibility index (Phi) is 6.44. The van der Waals surface area contributed by atoms with Gasteiger partial charge in [-0.25, -0.2) is 4.68 Å². The molecular weight excluding hydrogens is 475 g/mol. The largest absolute Gasteiger partial charge is 0.297 e. The molecule has 3 rings (SSSR count). The number of rotatable bonds is 6. The third-order valence-corrected chi connectivity index (χ3v) is 5.05. The van der Waals surface area contributed by atoms with Gasteiger partial charge in [0.25, 0.3) is 5.56 Å². The fourth-order valence-corrected chi connectivity index (χ4v) is 3.47. The highest BCUT2D eigenvalue weighted by molar-refractivity contribution is 14.1. The number of hydrogen-bond acceptors (Lipinski definition) is 3. The average Bonchev–Trinajstić information content (AvgIpc) is 2.61. The third-order valence-electron chi connectivity index (χ3n) is 4.09. The van der Waals surface area contributed by atoms with Gasteiger partial charge in [0.1, 0.15) is 6.54 Å². The van der Waals surface area contributed by atoms with Crippen molar-refractivity contribution in [2.75, 3.05) is 0 Å². The van der Waals surface area contributed by atoms with Crippen molar-refractivity contribution in [1.29, 1.82) is 0 Å². The molecule has 0 amide bonds. The highest BCUT2D eigenvalue weighted by Gasteiger charge is 2.12. The number of hydrogen-bond donors (Lipinski definition) is 0. The Balaban J connectivity index is 1.79. The minimum Gasteiger partial charge on any atom is -0.297 e. The first-order valence-electron chi connectivity index (χ1n) is 8.49. The number of benzene rings is 2. The fourth-order valence-electron chi connectivity index (χ4n) is 2.90. The smallest absolute Gasteiger partial charge is 0.270 e. The van der Waals surface area contributed by atoms with Gasteiger partial charge in [-0.15, -0.1) is 0 Å². The van der Waals surface area contributed by atoms with Crippen LogP contribution in [0.3, 0.4) is 0 Å². The number of carbonyl (C=O) groups is 1. The van der Waals surface area contributed by atoms with Crippen molar-refractivity contribution in [2.45, 2.75) is 26.3 Å². The van der Waals surface area contributed by atoms with Gasteiger partial charge in [0.15, 0.2) is 5.78 Å². The van der Waals surface area contributed by atoms with Gasteiger partial charge in [-0.3, -0.25) is 9.59 Å². The lowest BCUT2D eigenvalue weighted by atomic mass is 10.1. The van der Waals surface area contributed by atoms with E-state index in [2.05, 4.69) is 27.7 Å². The number of halogens is 2. The van der Waals surface area contributed by atoms with Gasteiger partial charge in [-0.05, 0) is 71.0 Å². The van der Waals surface area contributed by atoms with E-state index in [1.54, 1.807) is 12.1 Å². The van der Waals surface area contributed by atoms with E-state index in [0.717, 1.165) is 14.7 Å². The normalized spacial score (nSPS) is 10.8. The lowest BCUT2D eigenvalue weighted by molar-refractivity contribution is -0.119. The molecule has 0 fully saturated rings. The number of carbonyl (C=O) groups excluding carboxylic acids is 1. The van der Waals surface area contributed by atoms with Crippen LogP contribution in [0.1, 0.15) is 22.4 Å². The molecule has 27 heavy (non-hydrogen) atoms.